The Labute approximate surface area is 190 Å². The maximum atomic E-state index is 6.16. The highest BCUT2D eigenvalue weighted by Crippen LogP contribution is 2.25. The highest BCUT2D eigenvalue weighted by molar-refractivity contribution is 6.30. The third-order valence-electron chi connectivity index (χ3n) is 6.44. The van der Waals surface area contributed by atoms with Crippen LogP contribution < -0.4 is 15.5 Å². The minimum absolute atomic E-state index is 0.422. The molecule has 2 fully saturated rings. The summed E-state index contributed by atoms with van der Waals surface area (Å²) in [5, 5.41) is 7.60. The molecule has 1 saturated heterocycles. The van der Waals surface area contributed by atoms with Gasteiger partial charge in [-0.05, 0) is 64.0 Å². The standard InChI is InChI=1S/C23H34ClN7/c1-30-14-12-20(13-15-30)31(2)23-28-21(25-18-9-5-3-4-6-10-18)27-22(29-23)26-19-11-7-8-17(24)16-19/h7-8,11,16,18,20H,3-6,9-10,12-15H2,1-2H3,(H2,25,26,27,28,29). The molecule has 168 valence electrons. The summed E-state index contributed by atoms with van der Waals surface area (Å²) in [4.78, 5) is 18.9. The summed E-state index contributed by atoms with van der Waals surface area (Å²) >= 11 is 6.16. The van der Waals surface area contributed by atoms with E-state index in [1.54, 1.807) is 0 Å². The Balaban J connectivity index is 1.57. The van der Waals surface area contributed by atoms with Gasteiger partial charge in [-0.15, -0.1) is 0 Å². The van der Waals surface area contributed by atoms with Crippen LogP contribution in [0, 0.1) is 0 Å². The van der Waals surface area contributed by atoms with Crippen LogP contribution in [-0.4, -0.2) is 59.1 Å². The first-order valence-electron chi connectivity index (χ1n) is 11.5. The molecule has 1 saturated carbocycles. The van der Waals surface area contributed by atoms with Crippen molar-refractivity contribution in [3.63, 3.8) is 0 Å². The van der Waals surface area contributed by atoms with Gasteiger partial charge in [0.15, 0.2) is 0 Å². The third-order valence-corrected chi connectivity index (χ3v) is 6.68. The van der Waals surface area contributed by atoms with Crippen molar-refractivity contribution in [1.82, 2.24) is 19.9 Å². The number of benzene rings is 1. The molecule has 0 spiro atoms. The van der Waals surface area contributed by atoms with Crippen molar-refractivity contribution in [1.29, 1.82) is 0 Å². The summed E-state index contributed by atoms with van der Waals surface area (Å²) in [6.45, 7) is 2.20. The van der Waals surface area contributed by atoms with Crippen molar-refractivity contribution in [3.8, 4) is 0 Å². The fraction of sp³-hybridized carbons (Fsp3) is 0.609. The van der Waals surface area contributed by atoms with E-state index in [2.05, 4.69) is 34.5 Å². The highest BCUT2D eigenvalue weighted by Gasteiger charge is 2.24. The molecule has 2 heterocycles. The van der Waals surface area contributed by atoms with Crippen LogP contribution in [-0.2, 0) is 0 Å². The predicted molar refractivity (Wildman–Crippen MR) is 129 cm³/mol. The van der Waals surface area contributed by atoms with Crippen LogP contribution in [0.2, 0.25) is 5.02 Å². The molecule has 1 aromatic heterocycles. The minimum Gasteiger partial charge on any atom is -0.351 e. The van der Waals surface area contributed by atoms with Crippen LogP contribution in [0.5, 0.6) is 0 Å². The van der Waals surface area contributed by atoms with Gasteiger partial charge in [0.05, 0.1) is 0 Å². The van der Waals surface area contributed by atoms with Crippen LogP contribution in [0.15, 0.2) is 24.3 Å². The average Bonchev–Trinajstić information content (AvgIpc) is 3.02. The summed E-state index contributed by atoms with van der Waals surface area (Å²) in [6, 6.07) is 8.48. The maximum Gasteiger partial charge on any atom is 0.233 e. The fourth-order valence-corrected chi connectivity index (χ4v) is 4.68. The highest BCUT2D eigenvalue weighted by atomic mass is 35.5. The van der Waals surface area contributed by atoms with Crippen molar-refractivity contribution < 1.29 is 0 Å². The Kier molecular flexibility index (Phi) is 7.45. The summed E-state index contributed by atoms with van der Waals surface area (Å²) in [7, 11) is 4.28. The zero-order valence-corrected chi connectivity index (χ0v) is 19.4. The van der Waals surface area contributed by atoms with Crippen molar-refractivity contribution >= 4 is 35.1 Å². The lowest BCUT2D eigenvalue weighted by Gasteiger charge is -2.35. The van der Waals surface area contributed by atoms with Gasteiger partial charge in [-0.25, -0.2) is 0 Å². The Morgan fingerprint density at radius 1 is 0.968 bits per heavy atom. The van der Waals surface area contributed by atoms with E-state index in [1.807, 2.05) is 24.3 Å². The zero-order chi connectivity index (χ0) is 21.6. The van der Waals surface area contributed by atoms with Crippen molar-refractivity contribution in [2.24, 2.45) is 0 Å². The molecule has 0 unspecified atom stereocenters. The molecular formula is C23H34ClN7. The van der Waals surface area contributed by atoms with Crippen LogP contribution >= 0.6 is 11.6 Å². The summed E-state index contributed by atoms with van der Waals surface area (Å²) < 4.78 is 0. The molecule has 0 bridgehead atoms. The van der Waals surface area contributed by atoms with Gasteiger partial charge in [-0.2, -0.15) is 15.0 Å². The van der Waals surface area contributed by atoms with Gasteiger partial charge >= 0.3 is 0 Å². The van der Waals surface area contributed by atoms with Gasteiger partial charge in [0.2, 0.25) is 17.8 Å². The molecule has 2 aromatic rings. The average molecular weight is 444 g/mol. The molecule has 1 aromatic carbocycles. The normalized spacial score (nSPS) is 19.1. The van der Waals surface area contributed by atoms with E-state index in [1.165, 1.54) is 38.5 Å². The van der Waals surface area contributed by atoms with Crippen LogP contribution in [0.1, 0.15) is 51.4 Å². The first kappa shape index (κ1) is 22.1. The van der Waals surface area contributed by atoms with E-state index in [0.717, 1.165) is 31.6 Å². The van der Waals surface area contributed by atoms with E-state index >= 15 is 0 Å². The molecule has 0 amide bonds. The number of anilines is 4. The molecule has 1 aliphatic carbocycles. The number of halogens is 1. The van der Waals surface area contributed by atoms with Gasteiger partial charge < -0.3 is 20.4 Å². The molecule has 4 rings (SSSR count). The summed E-state index contributed by atoms with van der Waals surface area (Å²) in [6.07, 6.45) is 9.73. The Hall–Kier alpha value is -2.12. The van der Waals surface area contributed by atoms with Crippen LogP contribution in [0.25, 0.3) is 0 Å². The molecule has 7 nitrogen and oxygen atoms in total. The fourth-order valence-electron chi connectivity index (χ4n) is 4.49. The molecule has 2 N–H and O–H groups in total. The van der Waals surface area contributed by atoms with E-state index in [4.69, 9.17) is 26.6 Å². The number of hydrogen-bond acceptors (Lipinski definition) is 7. The zero-order valence-electron chi connectivity index (χ0n) is 18.6. The SMILES string of the molecule is CN1CCC(N(C)c2nc(Nc3cccc(Cl)c3)nc(NC3CCCCCC3)n2)CC1. The van der Waals surface area contributed by atoms with Crippen LogP contribution in [0.3, 0.4) is 0 Å². The number of piperidine rings is 1. The Morgan fingerprint density at radius 3 is 2.39 bits per heavy atom. The molecular weight excluding hydrogens is 410 g/mol. The van der Waals surface area contributed by atoms with E-state index in [9.17, 15) is 0 Å². The molecule has 8 heteroatoms. The topological polar surface area (TPSA) is 69.2 Å². The second-order valence-electron chi connectivity index (χ2n) is 8.90. The lowest BCUT2D eigenvalue weighted by Crippen LogP contribution is -2.42. The van der Waals surface area contributed by atoms with Gasteiger partial charge in [-0.1, -0.05) is 43.4 Å². The maximum absolute atomic E-state index is 6.16. The van der Waals surface area contributed by atoms with Gasteiger partial charge in [0.25, 0.3) is 0 Å². The second-order valence-corrected chi connectivity index (χ2v) is 9.33. The van der Waals surface area contributed by atoms with Crippen molar-refractivity contribution in [2.45, 2.75) is 63.5 Å². The first-order valence-corrected chi connectivity index (χ1v) is 11.9. The lowest BCUT2D eigenvalue weighted by molar-refractivity contribution is 0.252. The lowest BCUT2D eigenvalue weighted by atomic mass is 10.0. The number of rotatable bonds is 6. The first-order chi connectivity index (χ1) is 15.1. The molecule has 1 aliphatic heterocycles. The predicted octanol–water partition coefficient (Wildman–Crippen LogP) is 4.93. The summed E-state index contributed by atoms with van der Waals surface area (Å²) in [5.41, 5.74) is 0.868. The monoisotopic (exact) mass is 443 g/mol. The smallest absolute Gasteiger partial charge is 0.233 e. The van der Waals surface area contributed by atoms with E-state index in [-0.39, 0.29) is 0 Å². The second kappa shape index (κ2) is 10.5. The number of hydrogen-bond donors (Lipinski definition) is 2. The van der Waals surface area contributed by atoms with Crippen LogP contribution in [0.4, 0.5) is 23.5 Å². The number of aromatic nitrogens is 3. The minimum atomic E-state index is 0.422. The number of nitrogens with zero attached hydrogens (tertiary/aromatic N) is 5. The number of nitrogens with one attached hydrogen (secondary N) is 2. The number of likely N-dealkylation sites (tertiary alicyclic amines) is 1. The van der Waals surface area contributed by atoms with E-state index < -0.39 is 0 Å². The summed E-state index contributed by atoms with van der Waals surface area (Å²) in [5.74, 6) is 1.91. The largest absolute Gasteiger partial charge is 0.351 e. The molecule has 0 atom stereocenters. The molecule has 31 heavy (non-hydrogen) atoms. The van der Waals surface area contributed by atoms with Gasteiger partial charge in [0.1, 0.15) is 0 Å². The van der Waals surface area contributed by atoms with E-state index in [0.29, 0.717) is 35.0 Å². The van der Waals surface area contributed by atoms with Gasteiger partial charge in [0, 0.05) is 29.8 Å². The molecule has 0 radical (unpaired) electrons. The Morgan fingerprint density at radius 2 is 1.68 bits per heavy atom. The van der Waals surface area contributed by atoms with Crippen molar-refractivity contribution in [3.05, 3.63) is 29.3 Å². The third kappa shape index (κ3) is 6.20. The van der Waals surface area contributed by atoms with Gasteiger partial charge in [-0.3, -0.25) is 0 Å². The molecule has 2 aliphatic rings. The van der Waals surface area contributed by atoms with Crippen molar-refractivity contribution in [2.75, 3.05) is 42.7 Å². The Bertz CT molecular complexity index is 846. The quantitative estimate of drug-likeness (QED) is 0.613.